The molecule has 0 saturated heterocycles. The molecule has 0 fully saturated rings. The summed E-state index contributed by atoms with van der Waals surface area (Å²) in [7, 11) is 0. The molecule has 0 saturated carbocycles. The lowest BCUT2D eigenvalue weighted by molar-refractivity contribution is 0.0166. The standard InChI is InChI=1S/C23H25F2N5O/c1-4-30(16(2)10-11-20-27-12-18(13-28-20)23(3,24)25)22(31)19-14-26-15-29-21(19)17-8-6-5-7-9-17/h5-9,12-16H,4,10-11H2,1-3H3/t16-/m0/s1. The van der Waals surface area contributed by atoms with Crippen LogP contribution in [0, 0.1) is 0 Å². The van der Waals surface area contributed by atoms with Crippen LogP contribution in [0.5, 0.6) is 0 Å². The number of hydrogen-bond donors (Lipinski definition) is 0. The van der Waals surface area contributed by atoms with Gasteiger partial charge in [0, 0.05) is 50.1 Å². The van der Waals surface area contributed by atoms with Crippen molar-refractivity contribution in [3.8, 4) is 11.3 Å². The van der Waals surface area contributed by atoms with Crippen molar-refractivity contribution in [2.24, 2.45) is 0 Å². The van der Waals surface area contributed by atoms with E-state index >= 15 is 0 Å². The maximum absolute atomic E-state index is 13.3. The molecule has 0 bridgehead atoms. The third kappa shape index (κ3) is 5.45. The van der Waals surface area contributed by atoms with Crippen molar-refractivity contribution in [1.29, 1.82) is 0 Å². The molecule has 3 rings (SSSR count). The summed E-state index contributed by atoms with van der Waals surface area (Å²) in [4.78, 5) is 31.5. The van der Waals surface area contributed by atoms with E-state index in [9.17, 15) is 13.6 Å². The number of aryl methyl sites for hydroxylation is 1. The van der Waals surface area contributed by atoms with Crippen molar-refractivity contribution in [2.45, 2.75) is 45.6 Å². The number of amides is 1. The molecule has 8 heteroatoms. The fourth-order valence-corrected chi connectivity index (χ4v) is 3.33. The molecule has 162 valence electrons. The summed E-state index contributed by atoms with van der Waals surface area (Å²) in [5.74, 6) is -2.65. The van der Waals surface area contributed by atoms with Crippen LogP contribution < -0.4 is 0 Å². The van der Waals surface area contributed by atoms with Crippen LogP contribution in [0.25, 0.3) is 11.3 Å². The van der Waals surface area contributed by atoms with Crippen molar-refractivity contribution >= 4 is 5.91 Å². The quantitative estimate of drug-likeness (QED) is 0.530. The molecule has 3 aromatic rings. The highest BCUT2D eigenvalue weighted by atomic mass is 19.3. The van der Waals surface area contributed by atoms with E-state index in [-0.39, 0.29) is 17.5 Å². The van der Waals surface area contributed by atoms with Gasteiger partial charge in [-0.2, -0.15) is 0 Å². The van der Waals surface area contributed by atoms with Crippen LogP contribution >= 0.6 is 0 Å². The molecule has 31 heavy (non-hydrogen) atoms. The number of aromatic nitrogens is 4. The smallest absolute Gasteiger partial charge is 0.273 e. The van der Waals surface area contributed by atoms with Crippen LogP contribution in [0.15, 0.2) is 55.2 Å². The molecule has 1 atom stereocenters. The van der Waals surface area contributed by atoms with Crippen molar-refractivity contribution in [3.63, 3.8) is 0 Å². The zero-order valence-corrected chi connectivity index (χ0v) is 17.8. The molecule has 0 N–H and O–H groups in total. The minimum absolute atomic E-state index is 0.114. The van der Waals surface area contributed by atoms with Crippen LogP contribution in [-0.2, 0) is 12.3 Å². The van der Waals surface area contributed by atoms with Crippen LogP contribution in [0.4, 0.5) is 8.78 Å². The van der Waals surface area contributed by atoms with Gasteiger partial charge in [-0.25, -0.2) is 28.7 Å². The number of nitrogens with zero attached hydrogens (tertiary/aromatic N) is 5. The van der Waals surface area contributed by atoms with Crippen LogP contribution in [0.1, 0.15) is 48.9 Å². The lowest BCUT2D eigenvalue weighted by atomic mass is 10.0. The fraction of sp³-hybridized carbons (Fsp3) is 0.348. The Morgan fingerprint density at radius 3 is 2.39 bits per heavy atom. The highest BCUT2D eigenvalue weighted by Crippen LogP contribution is 2.25. The largest absolute Gasteiger partial charge is 0.336 e. The van der Waals surface area contributed by atoms with Crippen molar-refractivity contribution in [1.82, 2.24) is 24.8 Å². The normalized spacial score (nSPS) is 12.4. The topological polar surface area (TPSA) is 71.9 Å². The Kier molecular flexibility index (Phi) is 6.99. The lowest BCUT2D eigenvalue weighted by Gasteiger charge is -2.28. The zero-order valence-electron chi connectivity index (χ0n) is 17.8. The van der Waals surface area contributed by atoms with Crippen molar-refractivity contribution in [2.75, 3.05) is 6.54 Å². The fourth-order valence-electron chi connectivity index (χ4n) is 3.33. The van der Waals surface area contributed by atoms with E-state index in [0.29, 0.717) is 36.5 Å². The predicted octanol–water partition coefficient (Wildman–Crippen LogP) is 4.53. The molecule has 1 aromatic carbocycles. The van der Waals surface area contributed by atoms with E-state index in [1.807, 2.05) is 44.2 Å². The predicted molar refractivity (Wildman–Crippen MR) is 114 cm³/mol. The van der Waals surface area contributed by atoms with Gasteiger partial charge >= 0.3 is 0 Å². The maximum atomic E-state index is 13.3. The van der Waals surface area contributed by atoms with E-state index in [2.05, 4.69) is 19.9 Å². The number of alkyl halides is 2. The van der Waals surface area contributed by atoms with Gasteiger partial charge in [0.1, 0.15) is 12.2 Å². The number of rotatable bonds is 8. The molecule has 1 amide bonds. The summed E-state index contributed by atoms with van der Waals surface area (Å²) >= 11 is 0. The Morgan fingerprint density at radius 2 is 1.77 bits per heavy atom. The molecule has 0 aliphatic heterocycles. The summed E-state index contributed by atoms with van der Waals surface area (Å²) in [5, 5.41) is 0. The summed E-state index contributed by atoms with van der Waals surface area (Å²) in [6, 6.07) is 9.39. The molecule has 0 spiro atoms. The first-order valence-electron chi connectivity index (χ1n) is 10.2. The monoisotopic (exact) mass is 425 g/mol. The number of hydrogen-bond acceptors (Lipinski definition) is 5. The van der Waals surface area contributed by atoms with Crippen LogP contribution in [0.2, 0.25) is 0 Å². The Hall–Kier alpha value is -3.29. The average molecular weight is 425 g/mol. The number of carbonyl (C=O) groups excluding carboxylic acids is 1. The SMILES string of the molecule is CCN(C(=O)c1cncnc1-c1ccccc1)[C@@H](C)CCc1ncc(C(C)(F)F)cn1. The van der Waals surface area contributed by atoms with Crippen molar-refractivity contribution < 1.29 is 13.6 Å². The molecule has 0 aliphatic rings. The minimum atomic E-state index is -2.97. The molecular formula is C23H25F2N5O. The zero-order chi connectivity index (χ0) is 22.4. The van der Waals surface area contributed by atoms with Gasteiger partial charge in [0.15, 0.2) is 0 Å². The minimum Gasteiger partial charge on any atom is -0.336 e. The number of benzene rings is 1. The first kappa shape index (κ1) is 22.4. The van der Waals surface area contributed by atoms with E-state index in [4.69, 9.17) is 0 Å². The maximum Gasteiger partial charge on any atom is 0.273 e. The number of halogens is 2. The first-order chi connectivity index (χ1) is 14.8. The van der Waals surface area contributed by atoms with Gasteiger partial charge in [-0.15, -0.1) is 0 Å². The van der Waals surface area contributed by atoms with Crippen molar-refractivity contribution in [3.05, 3.63) is 72.2 Å². The molecule has 2 aromatic heterocycles. The van der Waals surface area contributed by atoms with E-state index in [0.717, 1.165) is 24.9 Å². The molecule has 0 radical (unpaired) electrons. The third-order valence-electron chi connectivity index (χ3n) is 5.12. The Bertz CT molecular complexity index is 1010. The van der Waals surface area contributed by atoms with E-state index < -0.39 is 5.92 Å². The van der Waals surface area contributed by atoms with Crippen LogP contribution in [-0.4, -0.2) is 43.3 Å². The molecular weight excluding hydrogens is 400 g/mol. The van der Waals surface area contributed by atoms with E-state index in [1.165, 1.54) is 6.33 Å². The second-order valence-corrected chi connectivity index (χ2v) is 7.41. The van der Waals surface area contributed by atoms with Gasteiger partial charge in [-0.05, 0) is 20.3 Å². The molecule has 6 nitrogen and oxygen atoms in total. The Morgan fingerprint density at radius 1 is 1.10 bits per heavy atom. The summed E-state index contributed by atoms with van der Waals surface area (Å²) in [5.41, 5.74) is 1.66. The summed E-state index contributed by atoms with van der Waals surface area (Å²) in [6.45, 7) is 5.18. The summed E-state index contributed by atoms with van der Waals surface area (Å²) in [6.07, 6.45) is 6.35. The Labute approximate surface area is 180 Å². The van der Waals surface area contributed by atoms with Gasteiger partial charge in [-0.1, -0.05) is 30.3 Å². The first-order valence-corrected chi connectivity index (χ1v) is 10.2. The molecule has 2 heterocycles. The Balaban J connectivity index is 1.73. The van der Waals surface area contributed by atoms with Gasteiger partial charge in [0.2, 0.25) is 0 Å². The third-order valence-corrected chi connectivity index (χ3v) is 5.12. The highest BCUT2D eigenvalue weighted by Gasteiger charge is 2.26. The van der Waals surface area contributed by atoms with Crippen LogP contribution in [0.3, 0.4) is 0 Å². The lowest BCUT2D eigenvalue weighted by Crippen LogP contribution is -2.39. The molecule has 0 aliphatic carbocycles. The summed E-state index contributed by atoms with van der Waals surface area (Å²) < 4.78 is 26.6. The van der Waals surface area contributed by atoms with Gasteiger partial charge < -0.3 is 4.90 Å². The molecule has 0 unspecified atom stereocenters. The van der Waals surface area contributed by atoms with Gasteiger partial charge in [-0.3, -0.25) is 4.79 Å². The average Bonchev–Trinajstić information content (AvgIpc) is 2.78. The second kappa shape index (κ2) is 9.68. The van der Waals surface area contributed by atoms with E-state index in [1.54, 1.807) is 11.1 Å². The second-order valence-electron chi connectivity index (χ2n) is 7.41. The van der Waals surface area contributed by atoms with Gasteiger partial charge in [0.25, 0.3) is 11.8 Å². The number of carbonyl (C=O) groups is 1. The van der Waals surface area contributed by atoms with Gasteiger partial charge in [0.05, 0.1) is 16.8 Å². The highest BCUT2D eigenvalue weighted by molar-refractivity contribution is 5.99.